The number of hydrogen-bond donors (Lipinski definition) is 2. The minimum absolute atomic E-state index is 0.550. The molecule has 2 heteroatoms. The van der Waals surface area contributed by atoms with E-state index in [1.807, 2.05) is 0 Å². The molecular formula is C10H22N2. The zero-order valence-corrected chi connectivity index (χ0v) is 8.51. The Balaban J connectivity index is 2.50. The number of nitrogens with two attached hydrogens (primary N) is 1. The van der Waals surface area contributed by atoms with Gasteiger partial charge in [-0.1, -0.05) is 27.2 Å². The highest BCUT2D eigenvalue weighted by Gasteiger charge is 2.29. The quantitative estimate of drug-likeness (QED) is 0.491. The van der Waals surface area contributed by atoms with Gasteiger partial charge in [0.25, 0.3) is 0 Å². The molecule has 0 saturated heterocycles. The highest BCUT2D eigenvalue weighted by molar-refractivity contribution is 4.83. The number of hydrogen-bond acceptors (Lipinski definition) is 2. The van der Waals surface area contributed by atoms with Crippen molar-refractivity contribution in [3.8, 4) is 0 Å². The first-order valence-electron chi connectivity index (χ1n) is 5.11. The molecule has 1 rings (SSSR count). The van der Waals surface area contributed by atoms with Crippen molar-refractivity contribution in [1.82, 2.24) is 5.43 Å². The molecule has 0 bridgehead atoms. The van der Waals surface area contributed by atoms with Crippen LogP contribution in [-0.2, 0) is 0 Å². The third-order valence-corrected chi connectivity index (χ3v) is 3.24. The van der Waals surface area contributed by atoms with E-state index in [-0.39, 0.29) is 0 Å². The average molecular weight is 170 g/mol. The van der Waals surface area contributed by atoms with Crippen molar-refractivity contribution >= 4 is 0 Å². The monoisotopic (exact) mass is 170 g/mol. The molecule has 0 heterocycles. The van der Waals surface area contributed by atoms with Gasteiger partial charge in [0.15, 0.2) is 0 Å². The average Bonchev–Trinajstić information content (AvgIpc) is 2.03. The van der Waals surface area contributed by atoms with Crippen LogP contribution in [0.4, 0.5) is 0 Å². The lowest BCUT2D eigenvalue weighted by atomic mass is 9.74. The third kappa shape index (κ3) is 2.20. The molecule has 0 aromatic heterocycles. The van der Waals surface area contributed by atoms with Gasteiger partial charge in [-0.2, -0.15) is 0 Å². The van der Waals surface area contributed by atoms with Crippen molar-refractivity contribution in [3.05, 3.63) is 0 Å². The fourth-order valence-corrected chi connectivity index (χ4v) is 2.39. The topological polar surface area (TPSA) is 38.0 Å². The summed E-state index contributed by atoms with van der Waals surface area (Å²) < 4.78 is 0. The van der Waals surface area contributed by atoms with Gasteiger partial charge in [-0.25, -0.2) is 0 Å². The Morgan fingerprint density at radius 1 is 1.33 bits per heavy atom. The van der Waals surface area contributed by atoms with Crippen LogP contribution in [0.3, 0.4) is 0 Å². The van der Waals surface area contributed by atoms with Crippen LogP contribution in [0.5, 0.6) is 0 Å². The Hall–Kier alpha value is -0.0800. The summed E-state index contributed by atoms with van der Waals surface area (Å²) in [6.07, 6.45) is 3.97. The molecule has 0 aliphatic heterocycles. The number of rotatable bonds is 2. The van der Waals surface area contributed by atoms with Crippen LogP contribution in [0.2, 0.25) is 0 Å². The normalized spacial score (nSPS) is 37.2. The Morgan fingerprint density at radius 2 is 2.00 bits per heavy atom. The maximum atomic E-state index is 5.54. The molecule has 1 fully saturated rings. The van der Waals surface area contributed by atoms with Crippen LogP contribution in [0.1, 0.15) is 40.0 Å². The van der Waals surface area contributed by atoms with E-state index in [0.29, 0.717) is 6.04 Å². The van der Waals surface area contributed by atoms with Crippen LogP contribution in [0.15, 0.2) is 0 Å². The van der Waals surface area contributed by atoms with E-state index in [1.165, 1.54) is 19.3 Å². The minimum Gasteiger partial charge on any atom is -0.271 e. The summed E-state index contributed by atoms with van der Waals surface area (Å²) in [5.41, 5.74) is 2.97. The second-order valence-corrected chi connectivity index (χ2v) is 4.60. The largest absolute Gasteiger partial charge is 0.271 e. The zero-order chi connectivity index (χ0) is 9.14. The molecule has 0 unspecified atom stereocenters. The van der Waals surface area contributed by atoms with Crippen LogP contribution in [0, 0.1) is 17.8 Å². The van der Waals surface area contributed by atoms with Crippen LogP contribution in [-0.4, -0.2) is 6.04 Å². The van der Waals surface area contributed by atoms with E-state index in [0.717, 1.165) is 17.8 Å². The molecule has 0 amide bonds. The first-order chi connectivity index (χ1) is 5.65. The standard InChI is InChI=1S/C10H22N2/c1-7(2)9-5-4-8(3)6-10(9)12-11/h7-10,12H,4-6,11H2,1-3H3/t8-,9+,10+/m0/s1. The molecule has 0 spiro atoms. The summed E-state index contributed by atoms with van der Waals surface area (Å²) in [5.74, 6) is 7.94. The second kappa shape index (κ2) is 4.24. The molecule has 3 N–H and O–H groups in total. The molecule has 0 aromatic rings. The minimum atomic E-state index is 0.550. The summed E-state index contributed by atoms with van der Waals surface area (Å²) >= 11 is 0. The highest BCUT2D eigenvalue weighted by atomic mass is 15.2. The van der Waals surface area contributed by atoms with E-state index in [9.17, 15) is 0 Å². The number of nitrogens with one attached hydrogen (secondary N) is 1. The predicted molar refractivity (Wildman–Crippen MR) is 52.5 cm³/mol. The van der Waals surface area contributed by atoms with Crippen molar-refractivity contribution in [2.75, 3.05) is 0 Å². The van der Waals surface area contributed by atoms with E-state index in [2.05, 4.69) is 26.2 Å². The maximum absolute atomic E-state index is 5.54. The van der Waals surface area contributed by atoms with Crippen LogP contribution >= 0.6 is 0 Å². The van der Waals surface area contributed by atoms with Gasteiger partial charge in [0.2, 0.25) is 0 Å². The van der Waals surface area contributed by atoms with Gasteiger partial charge in [-0.05, 0) is 30.6 Å². The summed E-state index contributed by atoms with van der Waals surface area (Å²) in [7, 11) is 0. The van der Waals surface area contributed by atoms with Gasteiger partial charge in [0.1, 0.15) is 0 Å². The molecule has 0 radical (unpaired) electrons. The molecule has 12 heavy (non-hydrogen) atoms. The van der Waals surface area contributed by atoms with Crippen molar-refractivity contribution in [2.24, 2.45) is 23.6 Å². The van der Waals surface area contributed by atoms with Gasteiger partial charge in [0.05, 0.1) is 0 Å². The lowest BCUT2D eigenvalue weighted by Crippen LogP contribution is -2.46. The van der Waals surface area contributed by atoms with Crippen LogP contribution in [0.25, 0.3) is 0 Å². The molecule has 1 aliphatic carbocycles. The summed E-state index contributed by atoms with van der Waals surface area (Å²) in [4.78, 5) is 0. The Bertz CT molecular complexity index is 134. The van der Waals surface area contributed by atoms with Gasteiger partial charge in [-0.3, -0.25) is 11.3 Å². The summed E-state index contributed by atoms with van der Waals surface area (Å²) in [6.45, 7) is 6.91. The lowest BCUT2D eigenvalue weighted by Gasteiger charge is -2.36. The fraction of sp³-hybridized carbons (Fsp3) is 1.00. The summed E-state index contributed by atoms with van der Waals surface area (Å²) in [6, 6.07) is 0.550. The zero-order valence-electron chi connectivity index (χ0n) is 8.51. The van der Waals surface area contributed by atoms with E-state index in [1.54, 1.807) is 0 Å². The molecule has 3 atom stereocenters. The van der Waals surface area contributed by atoms with E-state index >= 15 is 0 Å². The summed E-state index contributed by atoms with van der Waals surface area (Å²) in [5, 5.41) is 0. The molecule has 72 valence electrons. The van der Waals surface area contributed by atoms with Crippen molar-refractivity contribution in [3.63, 3.8) is 0 Å². The second-order valence-electron chi connectivity index (χ2n) is 4.60. The third-order valence-electron chi connectivity index (χ3n) is 3.24. The molecule has 0 aromatic carbocycles. The first-order valence-corrected chi connectivity index (χ1v) is 5.11. The fourth-order valence-electron chi connectivity index (χ4n) is 2.39. The molecule has 2 nitrogen and oxygen atoms in total. The van der Waals surface area contributed by atoms with Crippen molar-refractivity contribution in [2.45, 2.75) is 46.1 Å². The first kappa shape index (κ1) is 10.0. The Morgan fingerprint density at radius 3 is 2.50 bits per heavy atom. The number of hydrazine groups is 1. The molecular weight excluding hydrogens is 148 g/mol. The Kier molecular flexibility index (Phi) is 3.53. The molecule has 1 saturated carbocycles. The van der Waals surface area contributed by atoms with Crippen LogP contribution < -0.4 is 11.3 Å². The van der Waals surface area contributed by atoms with E-state index in [4.69, 9.17) is 5.84 Å². The van der Waals surface area contributed by atoms with Gasteiger partial charge in [0, 0.05) is 6.04 Å². The van der Waals surface area contributed by atoms with Gasteiger partial charge >= 0.3 is 0 Å². The van der Waals surface area contributed by atoms with E-state index < -0.39 is 0 Å². The molecule has 1 aliphatic rings. The van der Waals surface area contributed by atoms with Crippen molar-refractivity contribution in [1.29, 1.82) is 0 Å². The maximum Gasteiger partial charge on any atom is 0.0243 e. The highest BCUT2D eigenvalue weighted by Crippen LogP contribution is 2.32. The predicted octanol–water partition coefficient (Wildman–Crippen LogP) is 1.91. The smallest absolute Gasteiger partial charge is 0.0243 e. The van der Waals surface area contributed by atoms with Gasteiger partial charge < -0.3 is 0 Å². The van der Waals surface area contributed by atoms with Crippen molar-refractivity contribution < 1.29 is 0 Å². The van der Waals surface area contributed by atoms with Gasteiger partial charge in [-0.15, -0.1) is 0 Å². The lowest BCUT2D eigenvalue weighted by molar-refractivity contribution is 0.171. The Labute approximate surface area is 75.9 Å². The SMILES string of the molecule is CC(C)[C@H]1CC[C@H](C)C[C@H]1NN.